The first-order chi connectivity index (χ1) is 4.33. The van der Waals surface area contributed by atoms with Gasteiger partial charge in [0.15, 0.2) is 5.78 Å². The van der Waals surface area contributed by atoms with Crippen LogP contribution in [0.15, 0.2) is 0 Å². The monoisotopic (exact) mass is 166 g/mol. The number of ketones is 2. The molecular weight excluding hydrogens is 159 g/mol. The summed E-state index contributed by atoms with van der Waals surface area (Å²) in [6.45, 7) is 0.970. The van der Waals surface area contributed by atoms with Gasteiger partial charge in [-0.3, -0.25) is 14.2 Å². The number of hydrogen-bond donors (Lipinski definition) is 2. The molecule has 0 aromatic heterocycles. The lowest BCUT2D eigenvalue weighted by molar-refractivity contribution is -0.133. The molecule has 0 aliphatic rings. The van der Waals surface area contributed by atoms with Gasteiger partial charge in [0, 0.05) is 6.92 Å². The fourth-order valence-corrected chi connectivity index (χ4v) is 0.895. The minimum Gasteiger partial charge on any atom is -0.324 e. The molecule has 0 aromatic rings. The molecule has 0 atom stereocenters. The van der Waals surface area contributed by atoms with Crippen molar-refractivity contribution in [2.75, 3.05) is 6.16 Å². The maximum Gasteiger partial charge on any atom is 0.333 e. The second-order valence-electron chi connectivity index (χ2n) is 1.80. The zero-order valence-corrected chi connectivity index (χ0v) is 6.17. The largest absolute Gasteiger partial charge is 0.333 e. The van der Waals surface area contributed by atoms with Crippen LogP contribution in [0.1, 0.15) is 6.92 Å². The molecule has 0 aliphatic carbocycles. The number of carbonyl (C=O) groups excluding carboxylic acids is 2. The van der Waals surface area contributed by atoms with Gasteiger partial charge < -0.3 is 9.79 Å². The topological polar surface area (TPSA) is 91.7 Å². The summed E-state index contributed by atoms with van der Waals surface area (Å²) in [5.74, 6) is -1.86. The van der Waals surface area contributed by atoms with Gasteiger partial charge in [-0.2, -0.15) is 0 Å². The van der Waals surface area contributed by atoms with Gasteiger partial charge in [-0.05, 0) is 0 Å². The molecule has 0 fully saturated rings. The molecule has 5 nitrogen and oxygen atoms in total. The van der Waals surface area contributed by atoms with Crippen LogP contribution in [-0.4, -0.2) is 27.5 Å². The van der Waals surface area contributed by atoms with Gasteiger partial charge in [-0.15, -0.1) is 0 Å². The Bertz CT molecular complexity index is 202. The summed E-state index contributed by atoms with van der Waals surface area (Å²) in [6, 6.07) is 0. The third-order valence-corrected chi connectivity index (χ3v) is 1.44. The second kappa shape index (κ2) is 3.05. The van der Waals surface area contributed by atoms with E-state index in [2.05, 4.69) is 0 Å². The average Bonchev–Trinajstić information content (AvgIpc) is 1.60. The highest BCUT2D eigenvalue weighted by Crippen LogP contribution is 2.33. The van der Waals surface area contributed by atoms with Crippen LogP contribution >= 0.6 is 7.60 Å². The van der Waals surface area contributed by atoms with Crippen molar-refractivity contribution >= 4 is 19.2 Å². The smallest absolute Gasteiger partial charge is 0.324 e. The average molecular weight is 166 g/mol. The molecule has 2 N–H and O–H groups in total. The summed E-state index contributed by atoms with van der Waals surface area (Å²) >= 11 is 0. The molecule has 0 aliphatic heterocycles. The number of carbonyl (C=O) groups is 2. The summed E-state index contributed by atoms with van der Waals surface area (Å²) in [4.78, 5) is 36.8. The van der Waals surface area contributed by atoms with Crippen molar-refractivity contribution in [3.63, 3.8) is 0 Å². The molecule has 0 unspecified atom stereocenters. The zero-order chi connectivity index (χ0) is 8.36. The van der Waals surface area contributed by atoms with Crippen molar-refractivity contribution in [2.24, 2.45) is 0 Å². The second-order valence-corrected chi connectivity index (χ2v) is 3.45. The molecule has 0 saturated heterocycles. The van der Waals surface area contributed by atoms with E-state index >= 15 is 0 Å². The first kappa shape index (κ1) is 9.49. The Balaban J connectivity index is 4.07. The minimum atomic E-state index is -4.35. The van der Waals surface area contributed by atoms with Crippen molar-refractivity contribution in [1.82, 2.24) is 0 Å². The molecule has 0 heterocycles. The molecule has 6 heteroatoms. The zero-order valence-electron chi connectivity index (χ0n) is 5.27. The Labute approximate surface area is 57.2 Å². The quantitative estimate of drug-likeness (QED) is 0.428. The first-order valence-corrected chi connectivity index (χ1v) is 4.21. The Kier molecular flexibility index (Phi) is 2.90. The Hall–Kier alpha value is -0.510. The van der Waals surface area contributed by atoms with Gasteiger partial charge in [0.2, 0.25) is 5.78 Å². The van der Waals surface area contributed by atoms with Crippen LogP contribution in [0, 0.1) is 0 Å². The van der Waals surface area contributed by atoms with Crippen molar-refractivity contribution in [3.05, 3.63) is 0 Å². The minimum absolute atomic E-state index is 0.830. The highest BCUT2D eigenvalue weighted by Gasteiger charge is 2.21. The lowest BCUT2D eigenvalue weighted by Crippen LogP contribution is -2.14. The van der Waals surface area contributed by atoms with Crippen molar-refractivity contribution in [3.8, 4) is 0 Å². The lowest BCUT2D eigenvalue weighted by atomic mass is 10.3. The fraction of sp³-hybridized carbons (Fsp3) is 0.500. The van der Waals surface area contributed by atoms with Crippen molar-refractivity contribution in [1.29, 1.82) is 0 Å². The standard InChI is InChI=1S/C4H7O5P/c1-3(5)4(6)2-10(7,8)9/h2H2,1H3,(H2,7,8,9). The van der Waals surface area contributed by atoms with Gasteiger partial charge in [-0.1, -0.05) is 0 Å². The molecule has 0 radical (unpaired) electrons. The molecular formula is C4H7O5P. The van der Waals surface area contributed by atoms with Crippen molar-refractivity contribution in [2.45, 2.75) is 6.92 Å². The predicted molar refractivity (Wildman–Crippen MR) is 32.6 cm³/mol. The van der Waals surface area contributed by atoms with E-state index in [1.807, 2.05) is 0 Å². The van der Waals surface area contributed by atoms with E-state index in [1.165, 1.54) is 0 Å². The number of hydrogen-bond acceptors (Lipinski definition) is 3. The van der Waals surface area contributed by atoms with Crippen LogP contribution in [-0.2, 0) is 14.2 Å². The normalized spacial score (nSPS) is 11.1. The lowest BCUT2D eigenvalue weighted by Gasteiger charge is -1.98. The van der Waals surface area contributed by atoms with E-state index in [0.29, 0.717) is 0 Å². The highest BCUT2D eigenvalue weighted by atomic mass is 31.2. The molecule has 0 bridgehead atoms. The van der Waals surface area contributed by atoms with E-state index < -0.39 is 25.3 Å². The first-order valence-electron chi connectivity index (χ1n) is 2.41. The van der Waals surface area contributed by atoms with Crippen LogP contribution in [0.4, 0.5) is 0 Å². The fourth-order valence-electron chi connectivity index (χ4n) is 0.298. The SMILES string of the molecule is CC(=O)C(=O)CP(=O)(O)O. The summed E-state index contributed by atoms with van der Waals surface area (Å²) in [5.41, 5.74) is 0. The van der Waals surface area contributed by atoms with Crippen LogP contribution in [0.25, 0.3) is 0 Å². The van der Waals surface area contributed by atoms with E-state index in [1.54, 1.807) is 0 Å². The van der Waals surface area contributed by atoms with E-state index in [-0.39, 0.29) is 0 Å². The van der Waals surface area contributed by atoms with E-state index in [4.69, 9.17) is 9.79 Å². The predicted octanol–water partition coefficient (Wildman–Crippen LogP) is -0.678. The highest BCUT2D eigenvalue weighted by molar-refractivity contribution is 7.53. The maximum absolute atomic E-state index is 10.3. The summed E-state index contributed by atoms with van der Waals surface area (Å²) < 4.78 is 10.1. The molecule has 0 amide bonds. The molecule has 0 rings (SSSR count). The van der Waals surface area contributed by atoms with Gasteiger partial charge in [0.1, 0.15) is 6.16 Å². The van der Waals surface area contributed by atoms with Gasteiger partial charge in [0.05, 0.1) is 0 Å². The van der Waals surface area contributed by atoms with Gasteiger partial charge in [0.25, 0.3) is 0 Å². The molecule has 0 aromatic carbocycles. The Morgan fingerprint density at radius 1 is 1.40 bits per heavy atom. The molecule has 0 spiro atoms. The molecule has 10 heavy (non-hydrogen) atoms. The maximum atomic E-state index is 10.3. The van der Waals surface area contributed by atoms with Gasteiger partial charge in [-0.25, -0.2) is 0 Å². The molecule has 58 valence electrons. The van der Waals surface area contributed by atoms with Crippen LogP contribution in [0.2, 0.25) is 0 Å². The number of rotatable bonds is 3. The third-order valence-electron chi connectivity index (χ3n) is 0.742. The van der Waals surface area contributed by atoms with Crippen molar-refractivity contribution < 1.29 is 23.9 Å². The Morgan fingerprint density at radius 2 is 1.80 bits per heavy atom. The van der Waals surface area contributed by atoms with Crippen LogP contribution in [0.3, 0.4) is 0 Å². The van der Waals surface area contributed by atoms with Crippen LogP contribution < -0.4 is 0 Å². The summed E-state index contributed by atoms with van der Waals surface area (Å²) in [6.07, 6.45) is -0.984. The van der Waals surface area contributed by atoms with E-state index in [0.717, 1.165) is 6.92 Å². The van der Waals surface area contributed by atoms with Gasteiger partial charge >= 0.3 is 7.60 Å². The molecule has 0 saturated carbocycles. The third kappa shape index (κ3) is 4.38. The van der Waals surface area contributed by atoms with E-state index in [9.17, 15) is 14.2 Å². The Morgan fingerprint density at radius 3 is 1.90 bits per heavy atom. The van der Waals surface area contributed by atoms with Crippen LogP contribution in [0.5, 0.6) is 0 Å². The number of Topliss-reactive ketones (excluding diaryl/α,β-unsaturated/α-hetero) is 2. The summed E-state index contributed by atoms with van der Waals surface area (Å²) in [7, 11) is -4.35. The summed E-state index contributed by atoms with van der Waals surface area (Å²) in [5, 5.41) is 0.